The molecule has 2 rings (SSSR count). The van der Waals surface area contributed by atoms with Gasteiger partial charge in [-0.1, -0.05) is 19.4 Å². The van der Waals surface area contributed by atoms with Crippen molar-refractivity contribution in [3.8, 4) is 0 Å². The predicted molar refractivity (Wildman–Crippen MR) is 73.9 cm³/mol. The van der Waals surface area contributed by atoms with Crippen molar-refractivity contribution < 1.29 is 8.78 Å². The summed E-state index contributed by atoms with van der Waals surface area (Å²) >= 11 is 0. The average molecular weight is 267 g/mol. The van der Waals surface area contributed by atoms with E-state index in [-0.39, 0.29) is 6.04 Å². The molecule has 0 spiro atoms. The summed E-state index contributed by atoms with van der Waals surface area (Å²) in [6.07, 6.45) is 6.20. The van der Waals surface area contributed by atoms with Crippen LogP contribution in [0.4, 0.5) is 8.78 Å². The minimum Gasteiger partial charge on any atom is -0.307 e. The highest BCUT2D eigenvalue weighted by molar-refractivity contribution is 5.20. The monoisotopic (exact) mass is 267 g/mol. The van der Waals surface area contributed by atoms with Crippen molar-refractivity contribution >= 4 is 0 Å². The largest absolute Gasteiger partial charge is 0.307 e. The molecule has 1 atom stereocenters. The molecule has 1 unspecified atom stereocenters. The zero-order valence-electron chi connectivity index (χ0n) is 11.8. The first-order valence-corrected chi connectivity index (χ1v) is 7.31. The third kappa shape index (κ3) is 3.75. The van der Waals surface area contributed by atoms with Crippen molar-refractivity contribution in [1.29, 1.82) is 0 Å². The van der Waals surface area contributed by atoms with E-state index >= 15 is 0 Å². The first kappa shape index (κ1) is 14.4. The Bertz CT molecular complexity index is 411. The van der Waals surface area contributed by atoms with Crippen molar-refractivity contribution in [3.05, 3.63) is 35.4 Å². The van der Waals surface area contributed by atoms with Gasteiger partial charge in [0.2, 0.25) is 0 Å². The molecule has 1 aliphatic rings. The first-order chi connectivity index (χ1) is 9.10. The van der Waals surface area contributed by atoms with Gasteiger partial charge in [-0.3, -0.25) is 0 Å². The van der Waals surface area contributed by atoms with E-state index in [1.54, 1.807) is 6.07 Å². The highest BCUT2D eigenvalue weighted by atomic mass is 19.2. The van der Waals surface area contributed by atoms with Crippen LogP contribution in [-0.2, 0) is 0 Å². The van der Waals surface area contributed by atoms with Gasteiger partial charge >= 0.3 is 0 Å². The van der Waals surface area contributed by atoms with E-state index in [2.05, 4.69) is 12.2 Å². The smallest absolute Gasteiger partial charge is 0.159 e. The van der Waals surface area contributed by atoms with Gasteiger partial charge in [0, 0.05) is 12.1 Å². The fourth-order valence-electron chi connectivity index (χ4n) is 2.97. The molecule has 106 valence electrons. The minimum atomic E-state index is -0.778. The quantitative estimate of drug-likeness (QED) is 0.841. The Kier molecular flexibility index (Phi) is 4.92. The zero-order valence-corrected chi connectivity index (χ0v) is 11.8. The lowest BCUT2D eigenvalue weighted by Crippen LogP contribution is -2.35. The summed E-state index contributed by atoms with van der Waals surface area (Å²) in [7, 11) is 0. The molecule has 19 heavy (non-hydrogen) atoms. The topological polar surface area (TPSA) is 12.0 Å². The predicted octanol–water partition coefficient (Wildman–Crippen LogP) is 4.58. The molecule has 0 heterocycles. The molecule has 1 aliphatic carbocycles. The summed E-state index contributed by atoms with van der Waals surface area (Å²) in [5.74, 6) is -0.670. The van der Waals surface area contributed by atoms with Crippen LogP contribution >= 0.6 is 0 Å². The Labute approximate surface area is 114 Å². The second-order valence-electron chi connectivity index (χ2n) is 5.69. The van der Waals surface area contributed by atoms with Crippen LogP contribution in [0.1, 0.15) is 57.6 Å². The van der Waals surface area contributed by atoms with Gasteiger partial charge in [-0.15, -0.1) is 0 Å². The number of nitrogens with one attached hydrogen (secondary N) is 1. The summed E-state index contributed by atoms with van der Waals surface area (Å²) in [6, 6.07) is 4.74. The standard InChI is InChI=1S/C16H23F2N/c1-3-12-4-7-14(8-5-12)19-11(2)13-6-9-15(17)16(18)10-13/h6,9-12,14,19H,3-5,7-8H2,1-2H3. The lowest BCUT2D eigenvalue weighted by Gasteiger charge is -2.31. The summed E-state index contributed by atoms with van der Waals surface area (Å²) in [4.78, 5) is 0. The zero-order chi connectivity index (χ0) is 13.8. The van der Waals surface area contributed by atoms with Crippen LogP contribution in [0.2, 0.25) is 0 Å². The van der Waals surface area contributed by atoms with E-state index in [0.29, 0.717) is 6.04 Å². The van der Waals surface area contributed by atoms with E-state index in [9.17, 15) is 8.78 Å². The summed E-state index contributed by atoms with van der Waals surface area (Å²) in [5, 5.41) is 3.54. The molecular weight excluding hydrogens is 244 g/mol. The van der Waals surface area contributed by atoms with Gasteiger partial charge in [-0.2, -0.15) is 0 Å². The number of rotatable bonds is 4. The Morgan fingerprint density at radius 1 is 1.16 bits per heavy atom. The van der Waals surface area contributed by atoms with E-state index in [0.717, 1.165) is 11.5 Å². The summed E-state index contributed by atoms with van der Waals surface area (Å²) in [5.41, 5.74) is 0.816. The van der Waals surface area contributed by atoms with E-state index < -0.39 is 11.6 Å². The number of hydrogen-bond donors (Lipinski definition) is 1. The number of halogens is 2. The molecule has 1 aromatic carbocycles. The van der Waals surface area contributed by atoms with Crippen molar-refractivity contribution in [2.24, 2.45) is 5.92 Å². The molecule has 0 saturated heterocycles. The maximum absolute atomic E-state index is 13.2. The average Bonchev–Trinajstić information content (AvgIpc) is 2.42. The second kappa shape index (κ2) is 6.47. The van der Waals surface area contributed by atoms with E-state index in [4.69, 9.17) is 0 Å². The van der Waals surface area contributed by atoms with Crippen LogP contribution in [0.25, 0.3) is 0 Å². The van der Waals surface area contributed by atoms with Crippen LogP contribution in [0.5, 0.6) is 0 Å². The molecule has 1 fully saturated rings. The van der Waals surface area contributed by atoms with E-state index in [1.807, 2.05) is 6.92 Å². The van der Waals surface area contributed by atoms with Gasteiger partial charge in [-0.25, -0.2) is 8.78 Å². The first-order valence-electron chi connectivity index (χ1n) is 7.31. The lowest BCUT2D eigenvalue weighted by molar-refractivity contribution is 0.273. The molecule has 0 aliphatic heterocycles. The molecule has 1 saturated carbocycles. The van der Waals surface area contributed by atoms with Crippen LogP contribution in [-0.4, -0.2) is 6.04 Å². The van der Waals surface area contributed by atoms with Gasteiger partial charge in [0.25, 0.3) is 0 Å². The molecule has 0 radical (unpaired) electrons. The van der Waals surface area contributed by atoms with Crippen molar-refractivity contribution in [2.45, 2.75) is 58.0 Å². The highest BCUT2D eigenvalue weighted by Crippen LogP contribution is 2.28. The van der Waals surface area contributed by atoms with Crippen LogP contribution in [0, 0.1) is 17.6 Å². The maximum atomic E-state index is 13.2. The van der Waals surface area contributed by atoms with Crippen LogP contribution in [0.15, 0.2) is 18.2 Å². The third-order valence-corrected chi connectivity index (χ3v) is 4.35. The van der Waals surface area contributed by atoms with Crippen molar-refractivity contribution in [1.82, 2.24) is 5.32 Å². The van der Waals surface area contributed by atoms with E-state index in [1.165, 1.54) is 44.2 Å². The number of hydrogen-bond acceptors (Lipinski definition) is 1. The van der Waals surface area contributed by atoms with Gasteiger partial charge in [0.05, 0.1) is 0 Å². The molecule has 0 aromatic heterocycles. The van der Waals surface area contributed by atoms with Gasteiger partial charge < -0.3 is 5.32 Å². The Balaban J connectivity index is 1.90. The normalized spacial score (nSPS) is 25.3. The summed E-state index contributed by atoms with van der Waals surface area (Å²) in [6.45, 7) is 4.26. The molecule has 3 heteroatoms. The molecule has 1 aromatic rings. The molecule has 0 bridgehead atoms. The molecule has 1 N–H and O–H groups in total. The minimum absolute atomic E-state index is 0.0678. The van der Waals surface area contributed by atoms with Crippen LogP contribution in [0.3, 0.4) is 0 Å². The second-order valence-corrected chi connectivity index (χ2v) is 5.69. The molecule has 0 amide bonds. The van der Waals surface area contributed by atoms with Gasteiger partial charge in [0.1, 0.15) is 0 Å². The summed E-state index contributed by atoms with van der Waals surface area (Å²) < 4.78 is 26.1. The lowest BCUT2D eigenvalue weighted by atomic mass is 9.84. The third-order valence-electron chi connectivity index (χ3n) is 4.35. The van der Waals surface area contributed by atoms with Crippen LogP contribution < -0.4 is 5.32 Å². The maximum Gasteiger partial charge on any atom is 0.159 e. The SMILES string of the molecule is CCC1CCC(NC(C)c2ccc(F)c(F)c2)CC1. The van der Waals surface area contributed by atoms with Gasteiger partial charge in [-0.05, 0) is 56.2 Å². The van der Waals surface area contributed by atoms with Gasteiger partial charge in [0.15, 0.2) is 11.6 Å². The Morgan fingerprint density at radius 2 is 1.84 bits per heavy atom. The number of benzene rings is 1. The Hall–Kier alpha value is -0.960. The fraction of sp³-hybridized carbons (Fsp3) is 0.625. The van der Waals surface area contributed by atoms with Crippen molar-refractivity contribution in [2.75, 3.05) is 0 Å². The fourth-order valence-corrected chi connectivity index (χ4v) is 2.97. The van der Waals surface area contributed by atoms with Crippen molar-refractivity contribution in [3.63, 3.8) is 0 Å². The Morgan fingerprint density at radius 3 is 2.42 bits per heavy atom. The molecular formula is C16H23F2N. The highest BCUT2D eigenvalue weighted by Gasteiger charge is 2.21. The molecule has 1 nitrogen and oxygen atoms in total.